The number of pyridine rings is 2. The number of fused-ring (bicyclic) bond motifs is 1. The number of rotatable bonds is 3. The largest absolute Gasteiger partial charge is 0.416 e. The van der Waals surface area contributed by atoms with Gasteiger partial charge in [-0.3, -0.25) is 9.36 Å². The van der Waals surface area contributed by atoms with Crippen molar-refractivity contribution < 1.29 is 17.6 Å². The SMILES string of the molecule is O=c1cc(Nc2cccc(F)c2)c2cccnc2n1-c1cccc(C(F)(F)F)c1. The molecule has 0 radical (unpaired) electrons. The third-order valence-corrected chi connectivity index (χ3v) is 4.31. The van der Waals surface area contributed by atoms with E-state index in [-0.39, 0.29) is 11.3 Å². The van der Waals surface area contributed by atoms with Gasteiger partial charge in [0.05, 0.1) is 16.9 Å². The van der Waals surface area contributed by atoms with Gasteiger partial charge in [-0.15, -0.1) is 0 Å². The van der Waals surface area contributed by atoms with Crippen molar-refractivity contribution in [1.29, 1.82) is 0 Å². The highest BCUT2D eigenvalue weighted by Crippen LogP contribution is 2.31. The number of halogens is 4. The van der Waals surface area contributed by atoms with Crippen LogP contribution in [0.4, 0.5) is 28.9 Å². The molecule has 4 rings (SSSR count). The highest BCUT2D eigenvalue weighted by molar-refractivity contribution is 5.91. The smallest absolute Gasteiger partial charge is 0.355 e. The maximum absolute atomic E-state index is 13.5. The molecule has 0 atom stereocenters. The molecule has 0 saturated carbocycles. The fourth-order valence-electron chi connectivity index (χ4n) is 3.05. The lowest BCUT2D eigenvalue weighted by Crippen LogP contribution is -2.20. The Morgan fingerprint density at radius 3 is 2.48 bits per heavy atom. The first-order valence-corrected chi connectivity index (χ1v) is 8.54. The molecule has 0 aliphatic rings. The van der Waals surface area contributed by atoms with Crippen LogP contribution in [-0.4, -0.2) is 9.55 Å². The Bertz CT molecular complexity index is 1260. The van der Waals surface area contributed by atoms with Gasteiger partial charge in [0.2, 0.25) is 0 Å². The zero-order chi connectivity index (χ0) is 20.6. The van der Waals surface area contributed by atoms with Crippen LogP contribution in [0.15, 0.2) is 77.7 Å². The fourth-order valence-corrected chi connectivity index (χ4v) is 3.05. The Morgan fingerprint density at radius 2 is 1.72 bits per heavy atom. The number of alkyl halides is 3. The van der Waals surface area contributed by atoms with Gasteiger partial charge in [0.25, 0.3) is 5.56 Å². The minimum atomic E-state index is -4.54. The van der Waals surface area contributed by atoms with E-state index in [1.807, 2.05) is 0 Å². The van der Waals surface area contributed by atoms with E-state index < -0.39 is 23.1 Å². The lowest BCUT2D eigenvalue weighted by Gasteiger charge is -2.15. The van der Waals surface area contributed by atoms with Gasteiger partial charge >= 0.3 is 6.18 Å². The van der Waals surface area contributed by atoms with Gasteiger partial charge < -0.3 is 5.32 Å². The first-order chi connectivity index (χ1) is 13.8. The van der Waals surface area contributed by atoms with E-state index in [9.17, 15) is 22.4 Å². The molecule has 29 heavy (non-hydrogen) atoms. The summed E-state index contributed by atoms with van der Waals surface area (Å²) in [6, 6.07) is 14.7. The second-order valence-electron chi connectivity index (χ2n) is 6.29. The van der Waals surface area contributed by atoms with Crippen LogP contribution in [0.5, 0.6) is 0 Å². The molecule has 0 saturated heterocycles. The molecular weight excluding hydrogens is 386 g/mol. The zero-order valence-electron chi connectivity index (χ0n) is 14.7. The summed E-state index contributed by atoms with van der Waals surface area (Å²) in [6.07, 6.45) is -3.10. The summed E-state index contributed by atoms with van der Waals surface area (Å²) in [4.78, 5) is 17.0. The third kappa shape index (κ3) is 3.69. The molecule has 0 fully saturated rings. The van der Waals surface area contributed by atoms with Crippen molar-refractivity contribution in [3.63, 3.8) is 0 Å². The molecule has 0 aliphatic carbocycles. The molecule has 2 aromatic carbocycles. The summed E-state index contributed by atoms with van der Waals surface area (Å²) in [7, 11) is 0. The average molecular weight is 399 g/mol. The van der Waals surface area contributed by atoms with Crippen molar-refractivity contribution in [2.75, 3.05) is 5.32 Å². The van der Waals surface area contributed by atoms with Gasteiger partial charge in [-0.05, 0) is 48.5 Å². The Labute approximate surface area is 162 Å². The summed E-state index contributed by atoms with van der Waals surface area (Å²) in [5, 5.41) is 3.46. The van der Waals surface area contributed by atoms with E-state index in [0.717, 1.165) is 16.7 Å². The van der Waals surface area contributed by atoms with Crippen molar-refractivity contribution >= 4 is 22.4 Å². The molecule has 0 unspecified atom stereocenters. The molecular formula is C21H13F4N3O. The number of anilines is 2. The monoisotopic (exact) mass is 399 g/mol. The quantitative estimate of drug-likeness (QED) is 0.477. The molecule has 2 heterocycles. The molecule has 0 aliphatic heterocycles. The number of hydrogen-bond donors (Lipinski definition) is 1. The van der Waals surface area contributed by atoms with Crippen LogP contribution >= 0.6 is 0 Å². The van der Waals surface area contributed by atoms with Gasteiger partial charge in [0.1, 0.15) is 11.5 Å². The predicted molar refractivity (Wildman–Crippen MR) is 102 cm³/mol. The van der Waals surface area contributed by atoms with E-state index in [1.54, 1.807) is 18.2 Å². The summed E-state index contributed by atoms with van der Waals surface area (Å²) in [5.41, 5.74) is -0.426. The maximum atomic E-state index is 13.5. The molecule has 0 amide bonds. The normalized spacial score (nSPS) is 11.6. The first-order valence-electron chi connectivity index (χ1n) is 8.54. The van der Waals surface area contributed by atoms with Crippen molar-refractivity contribution in [3.05, 3.63) is 94.7 Å². The van der Waals surface area contributed by atoms with Crippen LogP contribution in [0.25, 0.3) is 16.7 Å². The van der Waals surface area contributed by atoms with Crippen molar-refractivity contribution in [2.24, 2.45) is 0 Å². The predicted octanol–water partition coefficient (Wildman–Crippen LogP) is 5.29. The van der Waals surface area contributed by atoms with E-state index in [1.165, 1.54) is 42.6 Å². The van der Waals surface area contributed by atoms with Gasteiger partial charge in [-0.25, -0.2) is 9.37 Å². The number of nitrogens with one attached hydrogen (secondary N) is 1. The van der Waals surface area contributed by atoms with Crippen LogP contribution in [0.3, 0.4) is 0 Å². The molecule has 0 spiro atoms. The van der Waals surface area contributed by atoms with Crippen molar-refractivity contribution in [1.82, 2.24) is 9.55 Å². The van der Waals surface area contributed by atoms with Gasteiger partial charge in [0.15, 0.2) is 0 Å². The van der Waals surface area contributed by atoms with E-state index in [2.05, 4.69) is 10.3 Å². The zero-order valence-corrected chi connectivity index (χ0v) is 14.7. The van der Waals surface area contributed by atoms with Crippen LogP contribution in [-0.2, 0) is 6.18 Å². The lowest BCUT2D eigenvalue weighted by atomic mass is 10.1. The van der Waals surface area contributed by atoms with Crippen LogP contribution in [0.2, 0.25) is 0 Å². The van der Waals surface area contributed by atoms with E-state index >= 15 is 0 Å². The second-order valence-corrected chi connectivity index (χ2v) is 6.29. The Kier molecular flexibility index (Phi) is 4.54. The Hall–Kier alpha value is -3.68. The van der Waals surface area contributed by atoms with Crippen LogP contribution in [0, 0.1) is 5.82 Å². The minimum absolute atomic E-state index is 0.0471. The number of benzene rings is 2. The molecule has 2 aromatic heterocycles. The number of hydrogen-bond acceptors (Lipinski definition) is 3. The highest BCUT2D eigenvalue weighted by Gasteiger charge is 2.30. The number of aromatic nitrogens is 2. The first kappa shape index (κ1) is 18.7. The van der Waals surface area contributed by atoms with E-state index in [4.69, 9.17) is 0 Å². The summed E-state index contributed by atoms with van der Waals surface area (Å²) >= 11 is 0. The van der Waals surface area contributed by atoms with Gasteiger partial charge in [-0.2, -0.15) is 13.2 Å². The van der Waals surface area contributed by atoms with Crippen LogP contribution in [0.1, 0.15) is 5.56 Å². The molecule has 4 aromatic rings. The maximum Gasteiger partial charge on any atom is 0.416 e. The van der Waals surface area contributed by atoms with Gasteiger partial charge in [-0.1, -0.05) is 12.1 Å². The molecule has 8 heteroatoms. The lowest BCUT2D eigenvalue weighted by molar-refractivity contribution is -0.137. The Morgan fingerprint density at radius 1 is 0.931 bits per heavy atom. The molecule has 0 bridgehead atoms. The highest BCUT2D eigenvalue weighted by atomic mass is 19.4. The third-order valence-electron chi connectivity index (χ3n) is 4.31. The summed E-state index contributed by atoms with van der Waals surface area (Å²) in [5.74, 6) is -0.449. The van der Waals surface area contributed by atoms with Crippen molar-refractivity contribution in [3.8, 4) is 5.69 Å². The van der Waals surface area contributed by atoms with E-state index in [0.29, 0.717) is 16.8 Å². The summed E-state index contributed by atoms with van der Waals surface area (Å²) in [6.45, 7) is 0. The standard InChI is InChI=1S/C21H13F4N3O/c22-14-5-2-6-15(11-14)27-18-12-19(29)28(20-17(18)8-3-9-26-20)16-7-1-4-13(10-16)21(23,24)25/h1-12,27H. The average Bonchev–Trinajstić information content (AvgIpc) is 2.68. The Balaban J connectivity index is 1.90. The van der Waals surface area contributed by atoms with Crippen LogP contribution < -0.4 is 10.9 Å². The van der Waals surface area contributed by atoms with Crippen molar-refractivity contribution in [2.45, 2.75) is 6.18 Å². The van der Waals surface area contributed by atoms with Gasteiger partial charge in [0, 0.05) is 23.3 Å². The second kappa shape index (κ2) is 7.05. The molecule has 1 N–H and O–H groups in total. The molecule has 4 nitrogen and oxygen atoms in total. The fraction of sp³-hybridized carbons (Fsp3) is 0.0476. The topological polar surface area (TPSA) is 46.9 Å². The summed E-state index contributed by atoms with van der Waals surface area (Å²) < 4.78 is 53.9. The minimum Gasteiger partial charge on any atom is -0.355 e. The number of nitrogens with zero attached hydrogens (tertiary/aromatic N) is 2. The molecule has 146 valence electrons.